The first-order chi connectivity index (χ1) is 16.1. The monoisotopic (exact) mass is 507 g/mol. The molecule has 0 radical (unpaired) electrons. The van der Waals surface area contributed by atoms with Gasteiger partial charge in [0.05, 0.1) is 26.7 Å². The van der Waals surface area contributed by atoms with E-state index in [9.17, 15) is 4.79 Å². The number of hydrogen-bond donors (Lipinski definition) is 0. The quantitative estimate of drug-likeness (QED) is 0.279. The third kappa shape index (κ3) is 4.50. The molecule has 0 N–H and O–H groups in total. The molecule has 1 aromatic heterocycles. The molecule has 0 aliphatic carbocycles. The Hall–Kier alpha value is -3.58. The van der Waals surface area contributed by atoms with Crippen molar-refractivity contribution in [3.05, 3.63) is 88.2 Å². The Morgan fingerprint density at radius 2 is 1.58 bits per heavy atom. The highest BCUT2D eigenvalue weighted by molar-refractivity contribution is 9.10. The van der Waals surface area contributed by atoms with Crippen LogP contribution in [-0.2, 0) is 6.61 Å². The van der Waals surface area contributed by atoms with Crippen LogP contribution in [0.15, 0.2) is 71.3 Å². The molecule has 0 atom stereocenters. The van der Waals surface area contributed by atoms with Crippen molar-refractivity contribution in [1.29, 1.82) is 0 Å². The summed E-state index contributed by atoms with van der Waals surface area (Å²) in [4.78, 5) is 18.1. The second-order valence-corrected chi connectivity index (χ2v) is 8.00. The van der Waals surface area contributed by atoms with Gasteiger partial charge in [-0.25, -0.2) is 0 Å². The number of hydrogen-bond acceptors (Lipinski definition) is 6. The number of ether oxygens (including phenoxy) is 4. The first-order valence-electron chi connectivity index (χ1n) is 10.2. The number of nitrogens with zero attached hydrogens (tertiary/aromatic N) is 1. The predicted molar refractivity (Wildman–Crippen MR) is 130 cm³/mol. The highest BCUT2D eigenvalue weighted by atomic mass is 79.9. The minimum absolute atomic E-state index is 0.252. The van der Waals surface area contributed by atoms with Crippen LogP contribution in [0.5, 0.6) is 23.0 Å². The zero-order chi connectivity index (χ0) is 23.4. The SMILES string of the molecule is COc1cc(Br)c(C(=O)c2nccc3ccc(OC)c(OCc4ccccc4)c23)cc1OC. The summed E-state index contributed by atoms with van der Waals surface area (Å²) in [5.41, 5.74) is 1.64. The van der Waals surface area contributed by atoms with Crippen molar-refractivity contribution in [3.8, 4) is 23.0 Å². The molecule has 4 aromatic rings. The molecule has 0 unspecified atom stereocenters. The molecule has 6 nitrogen and oxygen atoms in total. The lowest BCUT2D eigenvalue weighted by Gasteiger charge is -2.16. The Morgan fingerprint density at radius 3 is 2.27 bits per heavy atom. The zero-order valence-electron chi connectivity index (χ0n) is 18.4. The minimum atomic E-state index is -0.286. The zero-order valence-corrected chi connectivity index (χ0v) is 20.0. The van der Waals surface area contributed by atoms with Crippen molar-refractivity contribution < 1.29 is 23.7 Å². The normalized spacial score (nSPS) is 10.7. The molecule has 0 aliphatic rings. The number of aromatic nitrogens is 1. The average Bonchev–Trinajstić information content (AvgIpc) is 2.86. The Balaban J connectivity index is 1.85. The number of carbonyl (C=O) groups is 1. The van der Waals surface area contributed by atoms with Crippen LogP contribution >= 0.6 is 15.9 Å². The summed E-state index contributed by atoms with van der Waals surface area (Å²) in [6.07, 6.45) is 1.61. The number of carbonyl (C=O) groups excluding carboxylic acids is 1. The van der Waals surface area contributed by atoms with Gasteiger partial charge >= 0.3 is 0 Å². The van der Waals surface area contributed by atoms with Crippen LogP contribution in [0.25, 0.3) is 10.8 Å². The molecular formula is C26H22BrNO5. The fourth-order valence-corrected chi connectivity index (χ4v) is 4.08. The molecule has 4 rings (SSSR count). The number of benzene rings is 3. The number of pyridine rings is 1. The van der Waals surface area contributed by atoms with E-state index in [1.807, 2.05) is 48.5 Å². The minimum Gasteiger partial charge on any atom is -0.493 e. The molecule has 0 aliphatic heterocycles. The molecule has 0 bridgehead atoms. The number of ketones is 1. The van der Waals surface area contributed by atoms with Gasteiger partial charge in [-0.2, -0.15) is 0 Å². The van der Waals surface area contributed by atoms with Crippen molar-refractivity contribution in [2.75, 3.05) is 21.3 Å². The van der Waals surface area contributed by atoms with Gasteiger partial charge in [0.1, 0.15) is 12.3 Å². The summed E-state index contributed by atoms with van der Waals surface area (Å²) in [6, 6.07) is 18.7. The summed E-state index contributed by atoms with van der Waals surface area (Å²) in [5.74, 6) is 1.66. The fraction of sp³-hybridized carbons (Fsp3) is 0.154. The van der Waals surface area contributed by atoms with Crippen molar-refractivity contribution in [2.45, 2.75) is 6.61 Å². The van der Waals surface area contributed by atoms with E-state index in [1.165, 1.54) is 7.11 Å². The molecule has 3 aromatic carbocycles. The Morgan fingerprint density at radius 1 is 0.879 bits per heavy atom. The second kappa shape index (κ2) is 9.92. The Kier molecular flexibility index (Phi) is 6.79. The van der Waals surface area contributed by atoms with Crippen LogP contribution in [0.4, 0.5) is 0 Å². The summed E-state index contributed by atoms with van der Waals surface area (Å²) < 4.78 is 23.0. The fourth-order valence-electron chi connectivity index (χ4n) is 3.58. The topological polar surface area (TPSA) is 66.9 Å². The summed E-state index contributed by atoms with van der Waals surface area (Å²) >= 11 is 3.48. The summed E-state index contributed by atoms with van der Waals surface area (Å²) in [7, 11) is 4.64. The molecule has 168 valence electrons. The van der Waals surface area contributed by atoms with E-state index in [-0.39, 0.29) is 11.5 Å². The van der Waals surface area contributed by atoms with E-state index in [0.29, 0.717) is 45.0 Å². The maximum Gasteiger partial charge on any atom is 0.213 e. The van der Waals surface area contributed by atoms with E-state index in [2.05, 4.69) is 20.9 Å². The van der Waals surface area contributed by atoms with Gasteiger partial charge in [-0.15, -0.1) is 0 Å². The first kappa shape index (κ1) is 22.6. The molecule has 0 saturated heterocycles. The molecule has 7 heteroatoms. The molecule has 0 fully saturated rings. The van der Waals surface area contributed by atoms with Crippen LogP contribution < -0.4 is 18.9 Å². The molecule has 0 spiro atoms. The predicted octanol–water partition coefficient (Wildman–Crippen LogP) is 5.83. The third-order valence-corrected chi connectivity index (χ3v) is 5.88. The summed E-state index contributed by atoms with van der Waals surface area (Å²) in [5, 5.41) is 1.40. The van der Waals surface area contributed by atoms with Crippen molar-refractivity contribution in [3.63, 3.8) is 0 Å². The Bertz CT molecular complexity index is 1310. The van der Waals surface area contributed by atoms with Gasteiger partial charge < -0.3 is 18.9 Å². The number of methoxy groups -OCH3 is 3. The van der Waals surface area contributed by atoms with Crippen molar-refractivity contribution in [1.82, 2.24) is 4.98 Å². The highest BCUT2D eigenvalue weighted by Crippen LogP contribution is 2.40. The van der Waals surface area contributed by atoms with Crippen LogP contribution in [0.3, 0.4) is 0 Å². The van der Waals surface area contributed by atoms with Crippen molar-refractivity contribution >= 4 is 32.5 Å². The van der Waals surface area contributed by atoms with Gasteiger partial charge in [0.25, 0.3) is 0 Å². The molecule has 0 saturated carbocycles. The van der Waals surface area contributed by atoms with Gasteiger partial charge in [-0.05, 0) is 51.1 Å². The number of rotatable bonds is 8. The van der Waals surface area contributed by atoms with E-state index in [1.54, 1.807) is 32.5 Å². The molecular weight excluding hydrogens is 486 g/mol. The highest BCUT2D eigenvalue weighted by Gasteiger charge is 2.23. The maximum atomic E-state index is 13.7. The van der Waals surface area contributed by atoms with Crippen LogP contribution in [-0.4, -0.2) is 32.1 Å². The molecule has 33 heavy (non-hydrogen) atoms. The smallest absolute Gasteiger partial charge is 0.213 e. The van der Waals surface area contributed by atoms with Crippen molar-refractivity contribution in [2.24, 2.45) is 0 Å². The lowest BCUT2D eigenvalue weighted by Crippen LogP contribution is -2.08. The van der Waals surface area contributed by atoms with E-state index >= 15 is 0 Å². The third-order valence-electron chi connectivity index (χ3n) is 5.23. The van der Waals surface area contributed by atoms with E-state index in [0.717, 1.165) is 10.9 Å². The lowest BCUT2D eigenvalue weighted by molar-refractivity contribution is 0.103. The molecule has 0 amide bonds. The largest absolute Gasteiger partial charge is 0.493 e. The number of fused-ring (bicyclic) bond motifs is 1. The van der Waals surface area contributed by atoms with Gasteiger partial charge in [0, 0.05) is 16.2 Å². The van der Waals surface area contributed by atoms with Gasteiger partial charge in [0.2, 0.25) is 5.78 Å². The van der Waals surface area contributed by atoms with E-state index < -0.39 is 0 Å². The average molecular weight is 508 g/mol. The van der Waals surface area contributed by atoms with Gasteiger partial charge in [-0.1, -0.05) is 36.4 Å². The maximum absolute atomic E-state index is 13.7. The summed E-state index contributed by atoms with van der Waals surface area (Å²) in [6.45, 7) is 0.318. The first-order valence-corrected chi connectivity index (χ1v) is 10.9. The van der Waals surface area contributed by atoms with E-state index in [4.69, 9.17) is 18.9 Å². The molecule has 1 heterocycles. The second-order valence-electron chi connectivity index (χ2n) is 7.15. The van der Waals surface area contributed by atoms with Crippen LogP contribution in [0.2, 0.25) is 0 Å². The standard InChI is InChI=1S/C26H22BrNO5/c1-30-20-10-9-17-11-12-28-24(23(17)26(20)33-15-16-7-5-4-6-8-16)25(29)18-13-21(31-2)22(32-3)14-19(18)27/h4-14H,15H2,1-3H3. The Labute approximate surface area is 200 Å². The van der Waals surface area contributed by atoms with Crippen LogP contribution in [0, 0.1) is 0 Å². The lowest BCUT2D eigenvalue weighted by atomic mass is 10.0. The van der Waals surface area contributed by atoms with Gasteiger partial charge in [-0.3, -0.25) is 9.78 Å². The van der Waals surface area contributed by atoms with Crippen LogP contribution in [0.1, 0.15) is 21.6 Å². The number of halogens is 1. The van der Waals surface area contributed by atoms with Gasteiger partial charge in [0.15, 0.2) is 23.0 Å².